The molecule has 0 aromatic heterocycles. The molecular weight excluding hydrogens is 255 g/mol. The van der Waals surface area contributed by atoms with Gasteiger partial charge in [0.05, 0.1) is 27.1 Å². The van der Waals surface area contributed by atoms with Crippen LogP contribution in [0.15, 0.2) is 36.4 Å². The van der Waals surface area contributed by atoms with Crippen LogP contribution >= 0.6 is 23.2 Å². The van der Waals surface area contributed by atoms with E-state index in [4.69, 9.17) is 28.9 Å². The molecule has 0 fully saturated rings. The predicted octanol–water partition coefficient (Wildman–Crippen LogP) is 4.63. The molecule has 3 N–H and O–H groups in total. The van der Waals surface area contributed by atoms with Crippen molar-refractivity contribution in [2.75, 3.05) is 11.1 Å². The van der Waals surface area contributed by atoms with Crippen molar-refractivity contribution in [1.29, 1.82) is 0 Å². The van der Waals surface area contributed by atoms with E-state index in [1.54, 1.807) is 18.2 Å². The number of para-hydroxylation sites is 1. The van der Waals surface area contributed by atoms with Gasteiger partial charge >= 0.3 is 0 Å². The Kier molecular flexibility index (Phi) is 3.46. The van der Waals surface area contributed by atoms with Crippen molar-refractivity contribution < 1.29 is 0 Å². The van der Waals surface area contributed by atoms with Crippen molar-refractivity contribution in [3.8, 4) is 0 Å². The summed E-state index contributed by atoms with van der Waals surface area (Å²) in [6, 6.07) is 11.1. The molecule has 4 heteroatoms. The zero-order valence-corrected chi connectivity index (χ0v) is 10.8. The Hall–Kier alpha value is -1.38. The van der Waals surface area contributed by atoms with E-state index >= 15 is 0 Å². The summed E-state index contributed by atoms with van der Waals surface area (Å²) in [7, 11) is 0. The average molecular weight is 267 g/mol. The highest BCUT2D eigenvalue weighted by Gasteiger charge is 2.07. The summed E-state index contributed by atoms with van der Waals surface area (Å²) in [4.78, 5) is 0. The third-order valence-corrected chi connectivity index (χ3v) is 3.07. The molecular formula is C13H12Cl2N2. The van der Waals surface area contributed by atoms with Crippen molar-refractivity contribution in [3.05, 3.63) is 52.0 Å². The maximum atomic E-state index is 6.10. The molecule has 2 aromatic carbocycles. The van der Waals surface area contributed by atoms with Gasteiger partial charge in [-0.3, -0.25) is 0 Å². The van der Waals surface area contributed by atoms with Gasteiger partial charge in [-0.05, 0) is 36.8 Å². The van der Waals surface area contributed by atoms with Crippen LogP contribution in [0, 0.1) is 6.92 Å². The molecule has 2 rings (SSSR count). The Labute approximate surface area is 110 Å². The Bertz CT molecular complexity index is 533. The topological polar surface area (TPSA) is 38.0 Å². The van der Waals surface area contributed by atoms with E-state index in [1.165, 1.54) is 0 Å². The molecule has 0 aliphatic heterocycles. The van der Waals surface area contributed by atoms with E-state index in [-0.39, 0.29) is 0 Å². The molecule has 0 spiro atoms. The lowest BCUT2D eigenvalue weighted by Crippen LogP contribution is -1.97. The van der Waals surface area contributed by atoms with E-state index < -0.39 is 0 Å². The molecule has 0 aliphatic rings. The number of aryl methyl sites for hydroxylation is 1. The molecule has 0 heterocycles. The summed E-state index contributed by atoms with van der Waals surface area (Å²) in [5.74, 6) is 0. The molecule has 0 unspecified atom stereocenters. The quantitative estimate of drug-likeness (QED) is 0.778. The molecule has 0 saturated carbocycles. The van der Waals surface area contributed by atoms with Crippen molar-refractivity contribution in [1.82, 2.24) is 0 Å². The molecule has 0 atom stereocenters. The van der Waals surface area contributed by atoms with Gasteiger partial charge in [-0.25, -0.2) is 0 Å². The highest BCUT2D eigenvalue weighted by molar-refractivity contribution is 6.35. The summed E-state index contributed by atoms with van der Waals surface area (Å²) >= 11 is 12.2. The van der Waals surface area contributed by atoms with Gasteiger partial charge in [-0.2, -0.15) is 0 Å². The van der Waals surface area contributed by atoms with Gasteiger partial charge in [-0.15, -0.1) is 0 Å². The molecule has 0 saturated heterocycles. The van der Waals surface area contributed by atoms with Crippen LogP contribution in [0.4, 0.5) is 17.1 Å². The second-order valence-corrected chi connectivity index (χ2v) is 4.63. The van der Waals surface area contributed by atoms with Crippen molar-refractivity contribution in [2.24, 2.45) is 0 Å². The minimum atomic E-state index is 0.572. The minimum absolute atomic E-state index is 0.572. The first-order valence-electron chi connectivity index (χ1n) is 5.15. The Morgan fingerprint density at radius 3 is 2.53 bits per heavy atom. The first kappa shape index (κ1) is 12.1. The smallest absolute Gasteiger partial charge is 0.0807 e. The molecule has 0 amide bonds. The number of nitrogen functional groups attached to an aromatic ring is 1. The highest BCUT2D eigenvalue weighted by atomic mass is 35.5. The lowest BCUT2D eigenvalue weighted by atomic mass is 10.2. The fourth-order valence-corrected chi connectivity index (χ4v) is 1.94. The number of anilines is 3. The number of nitrogens with one attached hydrogen (secondary N) is 1. The van der Waals surface area contributed by atoms with E-state index in [1.807, 2.05) is 25.1 Å². The highest BCUT2D eigenvalue weighted by Crippen LogP contribution is 2.33. The maximum absolute atomic E-state index is 6.10. The summed E-state index contributed by atoms with van der Waals surface area (Å²) in [6.07, 6.45) is 0. The molecule has 17 heavy (non-hydrogen) atoms. The molecule has 0 aliphatic carbocycles. The summed E-state index contributed by atoms with van der Waals surface area (Å²) in [5, 5.41) is 4.37. The van der Waals surface area contributed by atoms with Crippen LogP contribution in [0.1, 0.15) is 5.56 Å². The number of hydrogen-bond donors (Lipinski definition) is 2. The fourth-order valence-electron chi connectivity index (χ4n) is 1.54. The van der Waals surface area contributed by atoms with Crippen LogP contribution in [-0.2, 0) is 0 Å². The van der Waals surface area contributed by atoms with Crippen LogP contribution in [0.3, 0.4) is 0 Å². The maximum Gasteiger partial charge on any atom is 0.0807 e. The largest absolute Gasteiger partial charge is 0.397 e. The van der Waals surface area contributed by atoms with Gasteiger partial charge in [0.2, 0.25) is 0 Å². The number of rotatable bonds is 2. The lowest BCUT2D eigenvalue weighted by Gasteiger charge is -2.12. The number of halogens is 2. The first-order chi connectivity index (χ1) is 8.08. The molecule has 2 nitrogen and oxygen atoms in total. The first-order valence-corrected chi connectivity index (χ1v) is 5.90. The van der Waals surface area contributed by atoms with E-state index in [2.05, 4.69) is 5.32 Å². The van der Waals surface area contributed by atoms with Crippen molar-refractivity contribution in [2.45, 2.75) is 6.92 Å². The summed E-state index contributed by atoms with van der Waals surface area (Å²) < 4.78 is 0. The predicted molar refractivity (Wildman–Crippen MR) is 75.3 cm³/mol. The monoisotopic (exact) mass is 266 g/mol. The van der Waals surface area contributed by atoms with Gasteiger partial charge in [0.1, 0.15) is 0 Å². The van der Waals surface area contributed by atoms with E-state index in [0.717, 1.165) is 11.3 Å². The number of nitrogens with two attached hydrogens (primary N) is 1. The van der Waals surface area contributed by atoms with Crippen LogP contribution < -0.4 is 11.1 Å². The molecule has 88 valence electrons. The third-order valence-electron chi connectivity index (χ3n) is 2.43. The number of benzene rings is 2. The van der Waals surface area contributed by atoms with Gasteiger partial charge < -0.3 is 11.1 Å². The van der Waals surface area contributed by atoms with Crippen molar-refractivity contribution >= 4 is 40.3 Å². The van der Waals surface area contributed by atoms with Gasteiger partial charge in [0.25, 0.3) is 0 Å². The Morgan fingerprint density at radius 2 is 1.82 bits per heavy atom. The molecule has 0 radical (unpaired) electrons. The van der Waals surface area contributed by atoms with Crippen LogP contribution in [0.5, 0.6) is 0 Å². The zero-order chi connectivity index (χ0) is 12.4. The zero-order valence-electron chi connectivity index (χ0n) is 9.30. The number of hydrogen-bond acceptors (Lipinski definition) is 2. The molecule has 2 aromatic rings. The standard InChI is InChI=1S/C13H12Cl2N2/c1-8-5-6-9(14)12(7-8)17-13-10(15)3-2-4-11(13)16/h2-7,17H,16H2,1H3. The lowest BCUT2D eigenvalue weighted by molar-refractivity contribution is 1.45. The second kappa shape index (κ2) is 4.86. The van der Waals surface area contributed by atoms with Crippen LogP contribution in [0.2, 0.25) is 10.0 Å². The summed E-state index contributed by atoms with van der Waals surface area (Å²) in [5.41, 5.74) is 9.05. The normalized spacial score (nSPS) is 10.3. The summed E-state index contributed by atoms with van der Waals surface area (Å²) in [6.45, 7) is 2.00. The van der Waals surface area contributed by atoms with Crippen molar-refractivity contribution in [3.63, 3.8) is 0 Å². The van der Waals surface area contributed by atoms with E-state index in [9.17, 15) is 0 Å². The van der Waals surface area contributed by atoms with Crippen LogP contribution in [-0.4, -0.2) is 0 Å². The SMILES string of the molecule is Cc1ccc(Cl)c(Nc2c(N)cccc2Cl)c1. The minimum Gasteiger partial charge on any atom is -0.397 e. The fraction of sp³-hybridized carbons (Fsp3) is 0.0769. The van der Waals surface area contributed by atoms with E-state index in [0.29, 0.717) is 21.4 Å². The Morgan fingerprint density at radius 1 is 1.06 bits per heavy atom. The molecule has 0 bridgehead atoms. The van der Waals surface area contributed by atoms with Crippen LogP contribution in [0.25, 0.3) is 0 Å². The Balaban J connectivity index is 2.41. The second-order valence-electron chi connectivity index (χ2n) is 3.81. The van der Waals surface area contributed by atoms with Gasteiger partial charge in [0, 0.05) is 0 Å². The van der Waals surface area contributed by atoms with Gasteiger partial charge in [-0.1, -0.05) is 35.3 Å². The average Bonchev–Trinajstić information content (AvgIpc) is 2.28. The van der Waals surface area contributed by atoms with Gasteiger partial charge in [0.15, 0.2) is 0 Å². The third kappa shape index (κ3) is 2.65.